The van der Waals surface area contributed by atoms with E-state index in [-0.39, 0.29) is 0 Å². The van der Waals surface area contributed by atoms with Crippen LogP contribution in [0.25, 0.3) is 22.3 Å². The van der Waals surface area contributed by atoms with Gasteiger partial charge in [-0.25, -0.2) is 15.0 Å². The molecular weight excluding hydrogens is 274 g/mol. The number of hydrogen-bond donors (Lipinski definition) is 2. The lowest BCUT2D eigenvalue weighted by molar-refractivity contribution is 1.21. The Balaban J connectivity index is 0.000000133. The van der Waals surface area contributed by atoms with E-state index in [2.05, 4.69) is 68.5 Å². The lowest BCUT2D eigenvalue weighted by Gasteiger charge is -1.98. The fourth-order valence-electron chi connectivity index (χ4n) is 2.04. The second-order valence-electron chi connectivity index (χ2n) is 4.59. The number of nitrogen functional groups attached to an aromatic ring is 1. The van der Waals surface area contributed by atoms with Crippen molar-refractivity contribution in [3.63, 3.8) is 0 Å². The highest BCUT2D eigenvalue weighted by molar-refractivity contribution is 5.80. The fraction of sp³-hybridized carbons (Fsp3) is 0. The first kappa shape index (κ1) is 13.8. The molecule has 2 aromatic carbocycles. The smallest absolute Gasteiger partial charge is 0.182 e. The number of nitrogens with two attached hydrogens (primary N) is 1. The molecule has 0 aliphatic heterocycles. The SMILES string of the molecule is Nc1ncnc2nc[nH]c12.c1ccc(-c2ccccc2)cc1. The van der Waals surface area contributed by atoms with Gasteiger partial charge in [-0.15, -0.1) is 0 Å². The van der Waals surface area contributed by atoms with Crippen LogP contribution in [0.3, 0.4) is 0 Å². The minimum absolute atomic E-state index is 0.433. The van der Waals surface area contributed by atoms with Crippen molar-refractivity contribution in [3.8, 4) is 11.1 Å². The number of aromatic amines is 1. The molecule has 0 bridgehead atoms. The predicted molar refractivity (Wildman–Crippen MR) is 88.0 cm³/mol. The average Bonchev–Trinajstić information content (AvgIpc) is 3.07. The predicted octanol–water partition coefficient (Wildman–Crippen LogP) is 3.29. The molecular formula is C17H15N5. The second kappa shape index (κ2) is 6.49. The van der Waals surface area contributed by atoms with Gasteiger partial charge in [-0.1, -0.05) is 60.7 Å². The van der Waals surface area contributed by atoms with E-state index in [1.54, 1.807) is 0 Å². The van der Waals surface area contributed by atoms with E-state index in [0.717, 1.165) is 0 Å². The number of benzene rings is 2. The third-order valence-electron chi connectivity index (χ3n) is 3.13. The zero-order valence-electron chi connectivity index (χ0n) is 11.8. The molecule has 0 atom stereocenters. The van der Waals surface area contributed by atoms with Gasteiger partial charge in [0.15, 0.2) is 11.5 Å². The number of anilines is 1. The molecule has 0 aliphatic carbocycles. The van der Waals surface area contributed by atoms with Gasteiger partial charge in [0.05, 0.1) is 6.33 Å². The molecule has 0 saturated carbocycles. The molecule has 5 nitrogen and oxygen atoms in total. The zero-order valence-corrected chi connectivity index (χ0v) is 11.8. The van der Waals surface area contributed by atoms with Crippen LogP contribution in [0.2, 0.25) is 0 Å². The summed E-state index contributed by atoms with van der Waals surface area (Å²) in [4.78, 5) is 14.4. The Morgan fingerprint density at radius 3 is 1.86 bits per heavy atom. The van der Waals surface area contributed by atoms with Crippen LogP contribution >= 0.6 is 0 Å². The van der Waals surface area contributed by atoms with Gasteiger partial charge in [0.25, 0.3) is 0 Å². The summed E-state index contributed by atoms with van der Waals surface area (Å²) in [6.45, 7) is 0. The van der Waals surface area contributed by atoms with Crippen LogP contribution in [-0.2, 0) is 0 Å². The summed E-state index contributed by atoms with van der Waals surface area (Å²) in [6, 6.07) is 20.8. The maximum absolute atomic E-state index is 5.48. The maximum Gasteiger partial charge on any atom is 0.182 e. The molecule has 2 aromatic heterocycles. The van der Waals surface area contributed by atoms with Gasteiger partial charge in [0.2, 0.25) is 0 Å². The largest absolute Gasteiger partial charge is 0.382 e. The quantitative estimate of drug-likeness (QED) is 0.563. The van der Waals surface area contributed by atoms with Gasteiger partial charge >= 0.3 is 0 Å². The number of fused-ring (bicyclic) bond motifs is 1. The summed E-state index contributed by atoms with van der Waals surface area (Å²) < 4.78 is 0. The maximum atomic E-state index is 5.48. The van der Waals surface area contributed by atoms with E-state index in [1.165, 1.54) is 23.8 Å². The number of nitrogens with zero attached hydrogens (tertiary/aromatic N) is 3. The van der Waals surface area contributed by atoms with Crippen molar-refractivity contribution < 1.29 is 0 Å². The van der Waals surface area contributed by atoms with Crippen molar-refractivity contribution in [1.29, 1.82) is 0 Å². The molecule has 0 aliphatic rings. The summed E-state index contributed by atoms with van der Waals surface area (Å²) in [7, 11) is 0. The van der Waals surface area contributed by atoms with E-state index in [1.807, 2.05) is 12.1 Å². The molecule has 3 N–H and O–H groups in total. The van der Waals surface area contributed by atoms with Gasteiger partial charge in [-0.2, -0.15) is 0 Å². The van der Waals surface area contributed by atoms with Crippen LogP contribution in [0, 0.1) is 0 Å². The Bertz CT molecular complexity index is 803. The number of H-pyrrole nitrogens is 1. The van der Waals surface area contributed by atoms with Crippen LogP contribution in [0.1, 0.15) is 0 Å². The van der Waals surface area contributed by atoms with Gasteiger partial charge in [0, 0.05) is 0 Å². The molecule has 0 radical (unpaired) electrons. The Morgan fingerprint density at radius 2 is 1.32 bits per heavy atom. The van der Waals surface area contributed by atoms with E-state index >= 15 is 0 Å². The first-order valence-electron chi connectivity index (χ1n) is 6.84. The highest BCUT2D eigenvalue weighted by Crippen LogP contribution is 2.17. The average molecular weight is 289 g/mol. The molecule has 0 spiro atoms. The van der Waals surface area contributed by atoms with Crippen molar-refractivity contribution in [2.45, 2.75) is 0 Å². The molecule has 4 rings (SSSR count). The standard InChI is InChI=1S/C12H10.C5H5N5/c1-3-7-11(8-4-1)12-9-5-2-6-10-12;6-4-3-5(9-1-7-3)10-2-8-4/h1-10H;1-2H,(H3,6,7,8,9,10). The molecule has 5 heteroatoms. The third-order valence-corrected chi connectivity index (χ3v) is 3.13. The van der Waals surface area contributed by atoms with Crippen molar-refractivity contribution in [2.24, 2.45) is 0 Å². The number of rotatable bonds is 1. The van der Waals surface area contributed by atoms with Crippen LogP contribution in [0.5, 0.6) is 0 Å². The van der Waals surface area contributed by atoms with Crippen LogP contribution in [-0.4, -0.2) is 19.9 Å². The highest BCUT2D eigenvalue weighted by atomic mass is 15.0. The Labute approximate surface area is 127 Å². The van der Waals surface area contributed by atoms with Crippen molar-refractivity contribution in [3.05, 3.63) is 73.3 Å². The van der Waals surface area contributed by atoms with Crippen LogP contribution < -0.4 is 5.73 Å². The zero-order chi connectivity index (χ0) is 15.2. The highest BCUT2D eigenvalue weighted by Gasteiger charge is 1.99. The van der Waals surface area contributed by atoms with Gasteiger partial charge in [0.1, 0.15) is 11.8 Å². The summed E-state index contributed by atoms with van der Waals surface area (Å²) >= 11 is 0. The van der Waals surface area contributed by atoms with E-state index < -0.39 is 0 Å². The molecule has 0 saturated heterocycles. The van der Waals surface area contributed by atoms with Gasteiger partial charge in [-0.05, 0) is 11.1 Å². The van der Waals surface area contributed by atoms with Gasteiger partial charge < -0.3 is 10.7 Å². The lowest BCUT2D eigenvalue weighted by Crippen LogP contribution is -1.91. The lowest BCUT2D eigenvalue weighted by atomic mass is 10.1. The van der Waals surface area contributed by atoms with Crippen molar-refractivity contribution >= 4 is 17.0 Å². The van der Waals surface area contributed by atoms with Crippen LogP contribution in [0.15, 0.2) is 73.3 Å². The monoisotopic (exact) mass is 289 g/mol. The number of nitrogens with one attached hydrogen (secondary N) is 1. The fourth-order valence-corrected chi connectivity index (χ4v) is 2.04. The van der Waals surface area contributed by atoms with E-state index in [9.17, 15) is 0 Å². The molecule has 0 unspecified atom stereocenters. The van der Waals surface area contributed by atoms with E-state index in [4.69, 9.17) is 5.73 Å². The van der Waals surface area contributed by atoms with E-state index in [0.29, 0.717) is 17.0 Å². The Morgan fingerprint density at radius 1 is 0.727 bits per heavy atom. The Hall–Kier alpha value is -3.21. The Kier molecular flexibility index (Phi) is 4.06. The third kappa shape index (κ3) is 3.09. The summed E-state index contributed by atoms with van der Waals surface area (Å²) in [5.41, 5.74) is 9.33. The molecule has 2 heterocycles. The summed E-state index contributed by atoms with van der Waals surface area (Å²) in [5, 5.41) is 0. The molecule has 0 amide bonds. The minimum Gasteiger partial charge on any atom is -0.382 e. The molecule has 4 aromatic rings. The van der Waals surface area contributed by atoms with Gasteiger partial charge in [-0.3, -0.25) is 0 Å². The van der Waals surface area contributed by atoms with Crippen LogP contribution in [0.4, 0.5) is 5.82 Å². The van der Waals surface area contributed by atoms with Crippen molar-refractivity contribution in [1.82, 2.24) is 19.9 Å². The molecule has 108 valence electrons. The topological polar surface area (TPSA) is 80.5 Å². The van der Waals surface area contributed by atoms with Crippen molar-refractivity contribution in [2.75, 3.05) is 5.73 Å². The molecule has 22 heavy (non-hydrogen) atoms. The summed E-state index contributed by atoms with van der Waals surface area (Å²) in [6.07, 6.45) is 2.92. The normalized spacial score (nSPS) is 10.0. The minimum atomic E-state index is 0.433. The number of hydrogen-bond acceptors (Lipinski definition) is 4. The first-order chi connectivity index (χ1) is 10.8. The molecule has 0 fully saturated rings. The number of aromatic nitrogens is 4. The summed E-state index contributed by atoms with van der Waals surface area (Å²) in [5.74, 6) is 0.433. The second-order valence-corrected chi connectivity index (χ2v) is 4.59. The first-order valence-corrected chi connectivity index (χ1v) is 6.84. The number of imidazole rings is 1.